The van der Waals surface area contributed by atoms with Gasteiger partial charge in [-0.3, -0.25) is 4.79 Å². The van der Waals surface area contributed by atoms with Crippen LogP contribution in [-0.4, -0.2) is 36.5 Å². The van der Waals surface area contributed by atoms with Gasteiger partial charge in [0, 0.05) is 13.1 Å². The number of carbonyl (C=O) groups is 1. The molecule has 0 aliphatic carbocycles. The number of hydrogen-bond donors (Lipinski definition) is 1. The summed E-state index contributed by atoms with van der Waals surface area (Å²) in [6, 6.07) is 6.40. The first-order valence-electron chi connectivity index (χ1n) is 7.25. The van der Waals surface area contributed by atoms with E-state index in [1.807, 2.05) is 4.90 Å². The summed E-state index contributed by atoms with van der Waals surface area (Å²) < 4.78 is 5.98. The predicted molar refractivity (Wildman–Crippen MR) is 79.4 cm³/mol. The lowest BCUT2D eigenvalue weighted by molar-refractivity contribution is -0.134. The van der Waals surface area contributed by atoms with Crippen molar-refractivity contribution in [2.45, 2.75) is 39.4 Å². The van der Waals surface area contributed by atoms with E-state index in [0.29, 0.717) is 13.2 Å². The fourth-order valence-corrected chi connectivity index (χ4v) is 2.65. The van der Waals surface area contributed by atoms with Crippen LogP contribution in [0.15, 0.2) is 18.2 Å². The molecule has 1 atom stereocenters. The summed E-state index contributed by atoms with van der Waals surface area (Å²) in [7, 11) is 0. The van der Waals surface area contributed by atoms with Gasteiger partial charge in [0.15, 0.2) is 0 Å². The topological polar surface area (TPSA) is 55.6 Å². The van der Waals surface area contributed by atoms with Crippen molar-refractivity contribution in [1.29, 1.82) is 0 Å². The number of amides is 1. The largest absolute Gasteiger partial charge is 0.372 e. The third-order valence-corrected chi connectivity index (χ3v) is 3.88. The van der Waals surface area contributed by atoms with Crippen LogP contribution in [0, 0.1) is 13.8 Å². The summed E-state index contributed by atoms with van der Waals surface area (Å²) in [4.78, 5) is 13.4. The number of aryl methyl sites for hydroxylation is 2. The number of rotatable bonds is 4. The Morgan fingerprint density at radius 2 is 2.25 bits per heavy atom. The Morgan fingerprint density at radius 1 is 1.45 bits per heavy atom. The fraction of sp³-hybridized carbons (Fsp3) is 0.562. The first-order chi connectivity index (χ1) is 9.60. The molecule has 4 heteroatoms. The average molecular weight is 276 g/mol. The fourth-order valence-electron chi connectivity index (χ4n) is 2.65. The first-order valence-corrected chi connectivity index (χ1v) is 7.25. The van der Waals surface area contributed by atoms with Crippen molar-refractivity contribution in [3.8, 4) is 0 Å². The van der Waals surface area contributed by atoms with Crippen molar-refractivity contribution in [2.75, 3.05) is 19.6 Å². The summed E-state index contributed by atoms with van der Waals surface area (Å²) in [6.45, 7) is 6.37. The molecule has 1 aromatic rings. The maximum atomic E-state index is 11.6. The highest BCUT2D eigenvalue weighted by Gasteiger charge is 2.23. The van der Waals surface area contributed by atoms with E-state index in [1.54, 1.807) is 0 Å². The molecule has 1 aliphatic rings. The highest BCUT2D eigenvalue weighted by atomic mass is 16.5. The smallest absolute Gasteiger partial charge is 0.236 e. The van der Waals surface area contributed by atoms with Crippen LogP contribution in [0.5, 0.6) is 0 Å². The van der Waals surface area contributed by atoms with E-state index in [2.05, 4.69) is 32.0 Å². The van der Waals surface area contributed by atoms with E-state index in [4.69, 9.17) is 10.5 Å². The molecule has 1 saturated heterocycles. The van der Waals surface area contributed by atoms with Crippen molar-refractivity contribution < 1.29 is 9.53 Å². The number of ether oxygens (including phenoxy) is 1. The van der Waals surface area contributed by atoms with Crippen LogP contribution in [-0.2, 0) is 16.1 Å². The van der Waals surface area contributed by atoms with Crippen LogP contribution in [0.25, 0.3) is 0 Å². The molecule has 1 fully saturated rings. The molecule has 1 aliphatic heterocycles. The Balaban J connectivity index is 1.88. The average Bonchev–Trinajstić information content (AvgIpc) is 2.46. The predicted octanol–water partition coefficient (Wildman–Crippen LogP) is 1.77. The number of nitrogens with zero attached hydrogens (tertiary/aromatic N) is 1. The standard InChI is InChI=1S/C16H24N2O2/c1-12-5-6-14(13(2)8-12)11-20-15-4-3-7-18(10-15)16(19)9-17/h5-6,8,15H,3-4,7,9-11,17H2,1-2H3. The number of likely N-dealkylation sites (tertiary alicyclic amines) is 1. The quantitative estimate of drug-likeness (QED) is 0.912. The molecule has 1 aromatic carbocycles. The van der Waals surface area contributed by atoms with E-state index >= 15 is 0 Å². The molecule has 1 unspecified atom stereocenters. The molecule has 0 bridgehead atoms. The summed E-state index contributed by atoms with van der Waals surface area (Å²) >= 11 is 0. The van der Waals surface area contributed by atoms with Gasteiger partial charge in [-0.15, -0.1) is 0 Å². The zero-order valence-corrected chi connectivity index (χ0v) is 12.4. The molecule has 0 aromatic heterocycles. The minimum atomic E-state index is 0.0183. The number of carbonyl (C=O) groups excluding carboxylic acids is 1. The number of hydrogen-bond acceptors (Lipinski definition) is 3. The van der Waals surface area contributed by atoms with Crippen LogP contribution in [0.2, 0.25) is 0 Å². The number of nitrogens with two attached hydrogens (primary N) is 1. The molecule has 20 heavy (non-hydrogen) atoms. The van der Waals surface area contributed by atoms with Gasteiger partial charge in [0.05, 0.1) is 19.3 Å². The molecule has 110 valence electrons. The van der Waals surface area contributed by atoms with Crippen molar-refractivity contribution in [2.24, 2.45) is 5.73 Å². The second-order valence-electron chi connectivity index (χ2n) is 5.55. The zero-order chi connectivity index (χ0) is 14.5. The highest BCUT2D eigenvalue weighted by molar-refractivity contribution is 5.78. The van der Waals surface area contributed by atoms with Gasteiger partial charge in [-0.25, -0.2) is 0 Å². The van der Waals surface area contributed by atoms with E-state index in [9.17, 15) is 4.79 Å². The van der Waals surface area contributed by atoms with Gasteiger partial charge < -0.3 is 15.4 Å². The van der Waals surface area contributed by atoms with Gasteiger partial charge in [-0.1, -0.05) is 23.8 Å². The third kappa shape index (κ3) is 3.81. The second kappa shape index (κ2) is 6.86. The summed E-state index contributed by atoms with van der Waals surface area (Å²) in [6.07, 6.45) is 2.13. The Kier molecular flexibility index (Phi) is 5.15. The lowest BCUT2D eigenvalue weighted by atomic mass is 10.1. The van der Waals surface area contributed by atoms with Crippen LogP contribution in [0.1, 0.15) is 29.5 Å². The summed E-state index contributed by atoms with van der Waals surface area (Å²) in [5.41, 5.74) is 9.16. The van der Waals surface area contributed by atoms with Gasteiger partial charge in [0.25, 0.3) is 0 Å². The maximum Gasteiger partial charge on any atom is 0.236 e. The van der Waals surface area contributed by atoms with E-state index < -0.39 is 0 Å². The Hall–Kier alpha value is -1.39. The van der Waals surface area contributed by atoms with E-state index in [-0.39, 0.29) is 18.6 Å². The van der Waals surface area contributed by atoms with Gasteiger partial charge in [0.2, 0.25) is 5.91 Å². The molecule has 0 spiro atoms. The molecule has 1 amide bonds. The monoisotopic (exact) mass is 276 g/mol. The normalized spacial score (nSPS) is 19.1. The van der Waals surface area contributed by atoms with E-state index in [1.165, 1.54) is 16.7 Å². The van der Waals surface area contributed by atoms with Gasteiger partial charge in [-0.2, -0.15) is 0 Å². The van der Waals surface area contributed by atoms with E-state index in [0.717, 1.165) is 19.4 Å². The van der Waals surface area contributed by atoms with Crippen molar-refractivity contribution >= 4 is 5.91 Å². The van der Waals surface area contributed by atoms with Crippen LogP contribution in [0.4, 0.5) is 0 Å². The van der Waals surface area contributed by atoms with Crippen LogP contribution >= 0.6 is 0 Å². The lowest BCUT2D eigenvalue weighted by Crippen LogP contribution is -2.45. The SMILES string of the molecule is Cc1ccc(COC2CCCN(C(=O)CN)C2)c(C)c1. The minimum absolute atomic E-state index is 0.0183. The van der Waals surface area contributed by atoms with Crippen molar-refractivity contribution in [3.63, 3.8) is 0 Å². The third-order valence-electron chi connectivity index (χ3n) is 3.88. The zero-order valence-electron chi connectivity index (χ0n) is 12.4. The first kappa shape index (κ1) is 15.0. The minimum Gasteiger partial charge on any atom is -0.372 e. The van der Waals surface area contributed by atoms with Gasteiger partial charge in [0.1, 0.15) is 0 Å². The molecular weight excluding hydrogens is 252 g/mol. The Bertz CT molecular complexity index is 474. The van der Waals surface area contributed by atoms with Gasteiger partial charge >= 0.3 is 0 Å². The molecule has 2 N–H and O–H groups in total. The highest BCUT2D eigenvalue weighted by Crippen LogP contribution is 2.17. The van der Waals surface area contributed by atoms with Crippen molar-refractivity contribution in [3.05, 3.63) is 34.9 Å². The molecule has 2 rings (SSSR count). The summed E-state index contributed by atoms with van der Waals surface area (Å²) in [5, 5.41) is 0. The Labute approximate surface area is 120 Å². The molecule has 0 saturated carbocycles. The van der Waals surface area contributed by atoms with Crippen LogP contribution < -0.4 is 5.73 Å². The molecule has 0 radical (unpaired) electrons. The van der Waals surface area contributed by atoms with Crippen LogP contribution in [0.3, 0.4) is 0 Å². The maximum absolute atomic E-state index is 11.6. The van der Waals surface area contributed by atoms with Gasteiger partial charge in [-0.05, 0) is 37.8 Å². The second-order valence-corrected chi connectivity index (χ2v) is 5.55. The van der Waals surface area contributed by atoms with Crippen molar-refractivity contribution in [1.82, 2.24) is 4.90 Å². The number of benzene rings is 1. The molecule has 4 nitrogen and oxygen atoms in total. The molecule has 1 heterocycles. The lowest BCUT2D eigenvalue weighted by Gasteiger charge is -2.32. The number of piperidine rings is 1. The summed E-state index contributed by atoms with van der Waals surface area (Å²) in [5.74, 6) is 0.0183. The Morgan fingerprint density at radius 3 is 2.95 bits per heavy atom. The molecular formula is C16H24N2O2.